The minimum absolute atomic E-state index is 0.426. The molecule has 2 aromatic carbocycles. The maximum Gasteiger partial charge on any atom is 0.304 e. The fourth-order valence-electron chi connectivity index (χ4n) is 2.15. The van der Waals surface area contributed by atoms with Crippen LogP contribution >= 0.6 is 23.2 Å². The molecule has 0 radical (unpaired) electrons. The molecule has 1 unspecified atom stereocenters. The highest BCUT2D eigenvalue weighted by Gasteiger charge is 2.27. The summed E-state index contributed by atoms with van der Waals surface area (Å²) in [5, 5.41) is 1.15. The molecule has 0 fully saturated rings. The van der Waals surface area contributed by atoms with Gasteiger partial charge in [-0.15, -0.1) is 6.42 Å². The normalized spacial score (nSPS) is 13.0. The second-order valence-corrected chi connectivity index (χ2v) is 5.82. The molecule has 1 atom stereocenters. The van der Waals surface area contributed by atoms with Gasteiger partial charge in [-0.1, -0.05) is 59.5 Å². The number of ether oxygens (including phenoxy) is 1. The van der Waals surface area contributed by atoms with Crippen LogP contribution in [0.25, 0.3) is 11.1 Å². The third kappa shape index (κ3) is 3.44. The molecule has 0 amide bonds. The maximum atomic E-state index is 11.2. The van der Waals surface area contributed by atoms with Gasteiger partial charge in [0.1, 0.15) is 0 Å². The molecule has 2 aromatic rings. The second kappa shape index (κ2) is 6.44. The van der Waals surface area contributed by atoms with Gasteiger partial charge in [0.2, 0.25) is 0 Å². The lowest BCUT2D eigenvalue weighted by Gasteiger charge is -2.24. The van der Waals surface area contributed by atoms with Crippen LogP contribution in [-0.4, -0.2) is 5.97 Å². The zero-order valence-electron chi connectivity index (χ0n) is 12.2. The highest BCUT2D eigenvalue weighted by Crippen LogP contribution is 2.32. The van der Waals surface area contributed by atoms with Crippen molar-refractivity contribution in [1.29, 1.82) is 0 Å². The minimum Gasteiger partial charge on any atom is -0.442 e. The Kier molecular flexibility index (Phi) is 4.81. The topological polar surface area (TPSA) is 26.3 Å². The van der Waals surface area contributed by atoms with Crippen molar-refractivity contribution in [2.24, 2.45) is 0 Å². The van der Waals surface area contributed by atoms with Gasteiger partial charge >= 0.3 is 5.97 Å². The molecule has 0 aliphatic heterocycles. The SMILES string of the molecule is C#CC(C)(OC(C)=O)c1ccc(-c2ccc(Cl)cc2Cl)cc1. The highest BCUT2D eigenvalue weighted by atomic mass is 35.5. The Labute approximate surface area is 140 Å². The molecule has 2 rings (SSSR count). The molecule has 0 aliphatic rings. The number of rotatable bonds is 3. The smallest absolute Gasteiger partial charge is 0.304 e. The van der Waals surface area contributed by atoms with Crippen LogP contribution in [-0.2, 0) is 15.1 Å². The molecule has 0 saturated carbocycles. The van der Waals surface area contributed by atoms with Gasteiger partial charge in [-0.25, -0.2) is 0 Å². The predicted molar refractivity (Wildman–Crippen MR) is 89.8 cm³/mol. The Morgan fingerprint density at radius 1 is 1.18 bits per heavy atom. The summed E-state index contributed by atoms with van der Waals surface area (Å²) in [4.78, 5) is 11.2. The fourth-order valence-corrected chi connectivity index (χ4v) is 2.67. The lowest BCUT2D eigenvalue weighted by molar-refractivity contribution is -0.151. The summed E-state index contributed by atoms with van der Waals surface area (Å²) in [5.41, 5.74) is 1.42. The first kappa shape index (κ1) is 16.4. The first-order valence-electron chi connectivity index (χ1n) is 6.59. The highest BCUT2D eigenvalue weighted by molar-refractivity contribution is 6.36. The Morgan fingerprint density at radius 2 is 1.82 bits per heavy atom. The monoisotopic (exact) mass is 332 g/mol. The molecular formula is C18H14Cl2O2. The van der Waals surface area contributed by atoms with E-state index < -0.39 is 11.6 Å². The standard InChI is InChI=1S/C18H14Cl2O2/c1-4-18(3,22-12(2)21)14-7-5-13(6-8-14)16-10-9-15(19)11-17(16)20/h1,5-11H,2-3H3. The first-order valence-corrected chi connectivity index (χ1v) is 7.34. The van der Waals surface area contributed by atoms with E-state index in [1.807, 2.05) is 30.3 Å². The third-order valence-corrected chi connectivity index (χ3v) is 3.85. The van der Waals surface area contributed by atoms with E-state index in [2.05, 4.69) is 5.92 Å². The lowest BCUT2D eigenvalue weighted by Crippen LogP contribution is -2.26. The number of esters is 1. The number of hydrogen-bond donors (Lipinski definition) is 0. The molecule has 2 nitrogen and oxygen atoms in total. The predicted octanol–water partition coefficient (Wildman–Crippen LogP) is 5.07. The van der Waals surface area contributed by atoms with Gasteiger partial charge in [0.15, 0.2) is 5.60 Å². The molecule has 0 bridgehead atoms. The van der Waals surface area contributed by atoms with Crippen molar-refractivity contribution in [3.63, 3.8) is 0 Å². The molecular weight excluding hydrogens is 319 g/mol. The van der Waals surface area contributed by atoms with Gasteiger partial charge < -0.3 is 4.74 Å². The summed E-state index contributed by atoms with van der Waals surface area (Å²) < 4.78 is 5.24. The van der Waals surface area contributed by atoms with E-state index in [0.29, 0.717) is 10.0 Å². The average molecular weight is 333 g/mol. The van der Waals surface area contributed by atoms with Crippen molar-refractivity contribution in [3.8, 4) is 23.5 Å². The molecule has 0 spiro atoms. The molecule has 0 heterocycles. The van der Waals surface area contributed by atoms with Crippen molar-refractivity contribution < 1.29 is 9.53 Å². The fraction of sp³-hybridized carbons (Fsp3) is 0.167. The van der Waals surface area contributed by atoms with Crippen LogP contribution < -0.4 is 0 Å². The minimum atomic E-state index is -1.09. The maximum absolute atomic E-state index is 11.2. The molecule has 22 heavy (non-hydrogen) atoms. The lowest BCUT2D eigenvalue weighted by atomic mass is 9.94. The molecule has 0 aromatic heterocycles. The van der Waals surface area contributed by atoms with Gasteiger partial charge in [0, 0.05) is 28.1 Å². The number of hydrogen-bond acceptors (Lipinski definition) is 2. The van der Waals surface area contributed by atoms with Crippen LogP contribution in [0.4, 0.5) is 0 Å². The summed E-state index contributed by atoms with van der Waals surface area (Å²) in [6.07, 6.45) is 5.51. The molecule has 4 heteroatoms. The Bertz CT molecular complexity index is 745. The van der Waals surface area contributed by atoms with E-state index in [9.17, 15) is 4.79 Å². The molecule has 0 saturated heterocycles. The van der Waals surface area contributed by atoms with Gasteiger partial charge in [-0.2, -0.15) is 0 Å². The van der Waals surface area contributed by atoms with Crippen molar-refractivity contribution in [2.45, 2.75) is 19.4 Å². The summed E-state index contributed by atoms with van der Waals surface area (Å²) in [6, 6.07) is 12.7. The van der Waals surface area contributed by atoms with Crippen molar-refractivity contribution in [2.75, 3.05) is 0 Å². The number of terminal acetylenes is 1. The van der Waals surface area contributed by atoms with Crippen molar-refractivity contribution in [3.05, 3.63) is 58.1 Å². The van der Waals surface area contributed by atoms with Gasteiger partial charge in [-0.05, 0) is 24.6 Å². The summed E-state index contributed by atoms with van der Waals surface area (Å²) in [6.45, 7) is 3.01. The third-order valence-electron chi connectivity index (χ3n) is 3.30. The number of carbonyl (C=O) groups is 1. The second-order valence-electron chi connectivity index (χ2n) is 4.97. The van der Waals surface area contributed by atoms with Gasteiger partial charge in [-0.3, -0.25) is 4.79 Å². The summed E-state index contributed by atoms with van der Waals surface area (Å²) in [7, 11) is 0. The van der Waals surface area contributed by atoms with E-state index in [4.69, 9.17) is 34.4 Å². The Morgan fingerprint density at radius 3 is 2.32 bits per heavy atom. The molecule has 0 N–H and O–H groups in total. The summed E-state index contributed by atoms with van der Waals surface area (Å²) in [5.74, 6) is 2.09. The molecule has 0 aliphatic carbocycles. The zero-order valence-corrected chi connectivity index (χ0v) is 13.7. The largest absolute Gasteiger partial charge is 0.442 e. The van der Waals surface area contributed by atoms with Crippen LogP contribution in [0.2, 0.25) is 10.0 Å². The number of benzene rings is 2. The Balaban J connectivity index is 2.38. The van der Waals surface area contributed by atoms with E-state index in [-0.39, 0.29) is 0 Å². The molecule has 112 valence electrons. The van der Waals surface area contributed by atoms with Crippen molar-refractivity contribution in [1.82, 2.24) is 0 Å². The van der Waals surface area contributed by atoms with E-state index in [1.165, 1.54) is 6.92 Å². The van der Waals surface area contributed by atoms with Crippen LogP contribution in [0, 0.1) is 12.3 Å². The van der Waals surface area contributed by atoms with E-state index in [0.717, 1.165) is 16.7 Å². The van der Waals surface area contributed by atoms with Gasteiger partial charge in [0.05, 0.1) is 0 Å². The zero-order chi connectivity index (χ0) is 16.3. The van der Waals surface area contributed by atoms with Crippen LogP contribution in [0.15, 0.2) is 42.5 Å². The average Bonchev–Trinajstić information content (AvgIpc) is 2.46. The Hall–Kier alpha value is -1.95. The van der Waals surface area contributed by atoms with Crippen LogP contribution in [0.5, 0.6) is 0 Å². The number of halogens is 2. The van der Waals surface area contributed by atoms with Gasteiger partial charge in [0.25, 0.3) is 0 Å². The van der Waals surface area contributed by atoms with Crippen LogP contribution in [0.3, 0.4) is 0 Å². The van der Waals surface area contributed by atoms with E-state index in [1.54, 1.807) is 19.1 Å². The summed E-state index contributed by atoms with van der Waals surface area (Å²) >= 11 is 12.1. The quantitative estimate of drug-likeness (QED) is 0.579. The number of carbonyl (C=O) groups excluding carboxylic acids is 1. The van der Waals surface area contributed by atoms with Crippen LogP contribution in [0.1, 0.15) is 19.4 Å². The first-order chi connectivity index (χ1) is 10.4. The van der Waals surface area contributed by atoms with Crippen molar-refractivity contribution >= 4 is 29.2 Å². The van der Waals surface area contributed by atoms with E-state index >= 15 is 0 Å².